The first-order valence-corrected chi connectivity index (χ1v) is 5.02. The van der Waals surface area contributed by atoms with Crippen molar-refractivity contribution in [3.05, 3.63) is 18.7 Å². The Morgan fingerprint density at radius 2 is 2.40 bits per heavy atom. The van der Waals surface area contributed by atoms with Crippen LogP contribution < -0.4 is 5.32 Å². The van der Waals surface area contributed by atoms with Gasteiger partial charge in [0.2, 0.25) is 0 Å². The Morgan fingerprint density at radius 3 is 2.87 bits per heavy atom. The van der Waals surface area contributed by atoms with Crippen molar-refractivity contribution in [2.24, 2.45) is 0 Å². The Morgan fingerprint density at radius 1 is 1.67 bits per heavy atom. The van der Waals surface area contributed by atoms with E-state index >= 15 is 0 Å². The Bertz CT molecular complexity index is 298. The molecule has 0 amide bonds. The second kappa shape index (κ2) is 5.50. The fourth-order valence-corrected chi connectivity index (χ4v) is 1.47. The van der Waals surface area contributed by atoms with E-state index in [9.17, 15) is 4.79 Å². The molecule has 0 saturated carbocycles. The molecular formula is C10H17N3O2. The van der Waals surface area contributed by atoms with Crippen molar-refractivity contribution >= 4 is 5.97 Å². The summed E-state index contributed by atoms with van der Waals surface area (Å²) in [6.07, 6.45) is 5.21. The van der Waals surface area contributed by atoms with Crippen molar-refractivity contribution < 1.29 is 9.53 Å². The molecule has 0 aliphatic carbocycles. The lowest BCUT2D eigenvalue weighted by Gasteiger charge is -2.22. The summed E-state index contributed by atoms with van der Waals surface area (Å²) in [7, 11) is 1.75. The topological polar surface area (TPSA) is 56.1 Å². The molecule has 0 bridgehead atoms. The molecule has 1 aromatic rings. The Hall–Kier alpha value is -1.36. The highest BCUT2D eigenvalue weighted by Gasteiger charge is 2.25. The molecule has 0 aliphatic rings. The van der Waals surface area contributed by atoms with E-state index < -0.39 is 0 Å². The molecule has 0 aromatic carbocycles. The van der Waals surface area contributed by atoms with Gasteiger partial charge in [-0.25, -0.2) is 4.98 Å². The number of nitrogens with zero attached hydrogens (tertiary/aromatic N) is 2. The number of carbonyl (C=O) groups excluding carboxylic acids is 1. The summed E-state index contributed by atoms with van der Waals surface area (Å²) in [4.78, 5) is 15.5. The number of nitrogens with one attached hydrogen (secondary N) is 1. The number of ether oxygens (including phenoxy) is 1. The van der Waals surface area contributed by atoms with Crippen LogP contribution in [0.5, 0.6) is 0 Å². The van der Waals surface area contributed by atoms with E-state index in [1.807, 2.05) is 17.7 Å². The van der Waals surface area contributed by atoms with Gasteiger partial charge in [-0.05, 0) is 20.9 Å². The molecule has 5 nitrogen and oxygen atoms in total. The van der Waals surface area contributed by atoms with Gasteiger partial charge in [-0.15, -0.1) is 0 Å². The predicted molar refractivity (Wildman–Crippen MR) is 56.4 cm³/mol. The maximum Gasteiger partial charge on any atom is 0.325 e. The molecule has 0 aliphatic heterocycles. The number of rotatable bonds is 5. The van der Waals surface area contributed by atoms with Gasteiger partial charge in [0.15, 0.2) is 0 Å². The van der Waals surface area contributed by atoms with Crippen LogP contribution in [-0.4, -0.2) is 35.2 Å². The minimum atomic E-state index is -0.348. The first kappa shape index (κ1) is 11.7. The second-order valence-electron chi connectivity index (χ2n) is 3.27. The van der Waals surface area contributed by atoms with Gasteiger partial charge in [-0.1, -0.05) is 0 Å². The third-order valence-electron chi connectivity index (χ3n) is 2.33. The van der Waals surface area contributed by atoms with Crippen LogP contribution >= 0.6 is 0 Å². The SMILES string of the molecule is CCOC(=O)C(NC)C(C)n1ccnc1. The first-order chi connectivity index (χ1) is 7.20. The number of likely N-dealkylation sites (N-methyl/N-ethyl adjacent to an activating group) is 1. The van der Waals surface area contributed by atoms with Crippen LogP contribution in [0.15, 0.2) is 18.7 Å². The molecule has 1 rings (SSSR count). The molecule has 0 fully saturated rings. The third-order valence-corrected chi connectivity index (χ3v) is 2.33. The van der Waals surface area contributed by atoms with Crippen LogP contribution in [0.25, 0.3) is 0 Å². The third kappa shape index (κ3) is 2.79. The van der Waals surface area contributed by atoms with Gasteiger partial charge in [0.05, 0.1) is 19.0 Å². The standard InChI is InChI=1S/C10H17N3O2/c1-4-15-10(14)9(11-3)8(2)13-6-5-12-7-13/h5-9,11H,4H2,1-3H3. The molecule has 1 N–H and O–H groups in total. The Kier molecular flexibility index (Phi) is 4.30. The van der Waals surface area contributed by atoms with E-state index in [0.29, 0.717) is 6.61 Å². The van der Waals surface area contributed by atoms with Crippen molar-refractivity contribution in [3.63, 3.8) is 0 Å². The van der Waals surface area contributed by atoms with Gasteiger partial charge in [0.1, 0.15) is 6.04 Å². The van der Waals surface area contributed by atoms with Crippen molar-refractivity contribution in [2.45, 2.75) is 25.9 Å². The van der Waals surface area contributed by atoms with Crippen LogP contribution in [0, 0.1) is 0 Å². The zero-order chi connectivity index (χ0) is 11.3. The summed E-state index contributed by atoms with van der Waals surface area (Å²) in [6, 6.07) is -0.365. The van der Waals surface area contributed by atoms with Crippen LogP contribution in [0.2, 0.25) is 0 Å². The summed E-state index contributed by atoms with van der Waals surface area (Å²) in [5.74, 6) is -0.235. The van der Waals surface area contributed by atoms with E-state index in [4.69, 9.17) is 4.74 Å². The quantitative estimate of drug-likeness (QED) is 0.724. The summed E-state index contributed by atoms with van der Waals surface area (Å²) < 4.78 is 6.85. The molecule has 0 saturated heterocycles. The van der Waals surface area contributed by atoms with Crippen molar-refractivity contribution in [1.82, 2.24) is 14.9 Å². The Balaban J connectivity index is 2.70. The van der Waals surface area contributed by atoms with E-state index in [0.717, 1.165) is 0 Å². The number of hydrogen-bond donors (Lipinski definition) is 1. The maximum absolute atomic E-state index is 11.6. The first-order valence-electron chi connectivity index (χ1n) is 5.02. The lowest BCUT2D eigenvalue weighted by atomic mass is 10.1. The van der Waals surface area contributed by atoms with Gasteiger partial charge in [-0.3, -0.25) is 4.79 Å². The largest absolute Gasteiger partial charge is 0.465 e. The van der Waals surface area contributed by atoms with Crippen molar-refractivity contribution in [3.8, 4) is 0 Å². The summed E-state index contributed by atoms with van der Waals surface area (Å²) in [6.45, 7) is 4.14. The molecule has 5 heteroatoms. The monoisotopic (exact) mass is 211 g/mol. The lowest BCUT2D eigenvalue weighted by molar-refractivity contribution is -0.146. The van der Waals surface area contributed by atoms with Gasteiger partial charge >= 0.3 is 5.97 Å². The zero-order valence-electron chi connectivity index (χ0n) is 9.30. The van der Waals surface area contributed by atoms with Gasteiger partial charge < -0.3 is 14.6 Å². The summed E-state index contributed by atoms with van der Waals surface area (Å²) >= 11 is 0. The van der Waals surface area contributed by atoms with E-state index in [1.165, 1.54) is 0 Å². The second-order valence-corrected chi connectivity index (χ2v) is 3.27. The molecule has 0 radical (unpaired) electrons. The number of aromatic nitrogens is 2. The molecule has 2 atom stereocenters. The molecule has 1 heterocycles. The molecule has 15 heavy (non-hydrogen) atoms. The highest BCUT2D eigenvalue weighted by molar-refractivity contribution is 5.76. The number of esters is 1. The van der Waals surface area contributed by atoms with E-state index in [1.54, 1.807) is 26.5 Å². The predicted octanol–water partition coefficient (Wildman–Crippen LogP) is 0.595. The summed E-state index contributed by atoms with van der Waals surface area (Å²) in [5.41, 5.74) is 0. The smallest absolute Gasteiger partial charge is 0.325 e. The Labute approximate surface area is 89.4 Å². The molecule has 84 valence electrons. The van der Waals surface area contributed by atoms with E-state index in [2.05, 4.69) is 10.3 Å². The molecule has 1 aromatic heterocycles. The van der Waals surface area contributed by atoms with Crippen molar-refractivity contribution in [2.75, 3.05) is 13.7 Å². The minimum Gasteiger partial charge on any atom is -0.465 e. The molecule has 2 unspecified atom stereocenters. The number of carbonyl (C=O) groups is 1. The fraction of sp³-hybridized carbons (Fsp3) is 0.600. The highest BCUT2D eigenvalue weighted by atomic mass is 16.5. The number of imidazole rings is 1. The van der Waals surface area contributed by atoms with Gasteiger partial charge in [0, 0.05) is 12.4 Å². The van der Waals surface area contributed by atoms with Gasteiger partial charge in [0.25, 0.3) is 0 Å². The molecular weight excluding hydrogens is 194 g/mol. The fourth-order valence-electron chi connectivity index (χ4n) is 1.47. The zero-order valence-corrected chi connectivity index (χ0v) is 9.30. The number of hydrogen-bond acceptors (Lipinski definition) is 4. The van der Waals surface area contributed by atoms with E-state index in [-0.39, 0.29) is 18.1 Å². The normalized spacial score (nSPS) is 14.6. The average molecular weight is 211 g/mol. The van der Waals surface area contributed by atoms with Crippen LogP contribution in [-0.2, 0) is 9.53 Å². The molecule has 0 spiro atoms. The lowest BCUT2D eigenvalue weighted by Crippen LogP contribution is -2.41. The average Bonchev–Trinajstić information content (AvgIpc) is 2.71. The minimum absolute atomic E-state index is 0.0171. The van der Waals surface area contributed by atoms with Crippen LogP contribution in [0.4, 0.5) is 0 Å². The highest BCUT2D eigenvalue weighted by Crippen LogP contribution is 2.11. The van der Waals surface area contributed by atoms with Crippen molar-refractivity contribution in [1.29, 1.82) is 0 Å². The maximum atomic E-state index is 11.6. The summed E-state index contributed by atoms with van der Waals surface area (Å²) in [5, 5.41) is 2.95. The van der Waals surface area contributed by atoms with Gasteiger partial charge in [-0.2, -0.15) is 0 Å². The van der Waals surface area contributed by atoms with Crippen LogP contribution in [0.1, 0.15) is 19.9 Å². The van der Waals surface area contributed by atoms with Crippen LogP contribution in [0.3, 0.4) is 0 Å².